The van der Waals surface area contributed by atoms with E-state index in [1.54, 1.807) is 11.8 Å². The number of rotatable bonds is 3. The first-order valence-corrected chi connectivity index (χ1v) is 6.09. The molecule has 1 aliphatic heterocycles. The summed E-state index contributed by atoms with van der Waals surface area (Å²) in [5.74, 6) is -0.682. The highest BCUT2D eigenvalue weighted by atomic mass is 16.2. The third-order valence-corrected chi connectivity index (χ3v) is 3.81. The minimum atomic E-state index is -1.03. The summed E-state index contributed by atoms with van der Waals surface area (Å²) >= 11 is 0. The molecular formula is C14H18N2O2. The summed E-state index contributed by atoms with van der Waals surface area (Å²) in [5, 5.41) is 0. The highest BCUT2D eigenvalue weighted by Crippen LogP contribution is 2.32. The first-order chi connectivity index (χ1) is 8.45. The Balaban J connectivity index is 2.16. The van der Waals surface area contributed by atoms with Gasteiger partial charge in [-0.25, -0.2) is 0 Å². The van der Waals surface area contributed by atoms with Crippen molar-refractivity contribution in [1.82, 2.24) is 4.90 Å². The monoisotopic (exact) mass is 246 g/mol. The maximum absolute atomic E-state index is 12.2. The number of aryl methyl sites for hydroxylation is 1. The molecule has 2 rings (SSSR count). The van der Waals surface area contributed by atoms with Crippen LogP contribution in [0.3, 0.4) is 0 Å². The van der Waals surface area contributed by atoms with Crippen molar-refractivity contribution in [3.05, 3.63) is 35.4 Å². The molecule has 1 heterocycles. The van der Waals surface area contributed by atoms with Gasteiger partial charge in [0.15, 0.2) is 0 Å². The van der Waals surface area contributed by atoms with Crippen LogP contribution in [0.4, 0.5) is 0 Å². The van der Waals surface area contributed by atoms with Gasteiger partial charge in [0.2, 0.25) is 11.8 Å². The largest absolute Gasteiger partial charge is 0.369 e. The number of carbonyl (C=O) groups excluding carboxylic acids is 2. The van der Waals surface area contributed by atoms with Crippen molar-refractivity contribution < 1.29 is 9.59 Å². The van der Waals surface area contributed by atoms with E-state index in [9.17, 15) is 9.59 Å². The molecule has 0 spiro atoms. The SMILES string of the molecule is Cc1ccccc1CN1CCC(C)(C(N)=O)C1=O. The Morgan fingerprint density at radius 2 is 2.11 bits per heavy atom. The molecule has 18 heavy (non-hydrogen) atoms. The summed E-state index contributed by atoms with van der Waals surface area (Å²) in [6, 6.07) is 7.94. The van der Waals surface area contributed by atoms with E-state index in [0.29, 0.717) is 19.5 Å². The molecule has 0 radical (unpaired) electrons. The molecule has 96 valence electrons. The van der Waals surface area contributed by atoms with Crippen molar-refractivity contribution in [2.75, 3.05) is 6.54 Å². The van der Waals surface area contributed by atoms with Crippen molar-refractivity contribution >= 4 is 11.8 Å². The summed E-state index contributed by atoms with van der Waals surface area (Å²) < 4.78 is 0. The zero-order valence-electron chi connectivity index (χ0n) is 10.8. The lowest BCUT2D eigenvalue weighted by Crippen LogP contribution is -2.41. The number of hydrogen-bond donors (Lipinski definition) is 1. The maximum atomic E-state index is 12.2. The minimum Gasteiger partial charge on any atom is -0.369 e. The van der Waals surface area contributed by atoms with E-state index in [-0.39, 0.29) is 5.91 Å². The molecule has 1 fully saturated rings. The van der Waals surface area contributed by atoms with Gasteiger partial charge >= 0.3 is 0 Å². The van der Waals surface area contributed by atoms with Gasteiger partial charge in [0.05, 0.1) is 0 Å². The Bertz CT molecular complexity index is 498. The average Bonchev–Trinajstić information content (AvgIpc) is 2.62. The molecule has 1 unspecified atom stereocenters. The number of nitrogens with zero attached hydrogens (tertiary/aromatic N) is 1. The molecule has 0 aliphatic carbocycles. The van der Waals surface area contributed by atoms with E-state index in [1.807, 2.05) is 31.2 Å². The number of hydrogen-bond acceptors (Lipinski definition) is 2. The number of likely N-dealkylation sites (tertiary alicyclic amines) is 1. The molecule has 0 bridgehead atoms. The Morgan fingerprint density at radius 3 is 2.67 bits per heavy atom. The van der Waals surface area contributed by atoms with Crippen molar-refractivity contribution in [3.63, 3.8) is 0 Å². The Hall–Kier alpha value is -1.84. The van der Waals surface area contributed by atoms with Crippen molar-refractivity contribution in [1.29, 1.82) is 0 Å². The maximum Gasteiger partial charge on any atom is 0.238 e. The molecule has 1 aromatic carbocycles. The van der Waals surface area contributed by atoms with Gasteiger partial charge in [-0.3, -0.25) is 9.59 Å². The number of benzene rings is 1. The quantitative estimate of drug-likeness (QED) is 0.815. The Morgan fingerprint density at radius 1 is 1.44 bits per heavy atom. The van der Waals surface area contributed by atoms with Gasteiger partial charge < -0.3 is 10.6 Å². The van der Waals surface area contributed by atoms with Crippen LogP contribution in [0.25, 0.3) is 0 Å². The second kappa shape index (κ2) is 4.44. The van der Waals surface area contributed by atoms with Crippen LogP contribution in [0.2, 0.25) is 0 Å². The normalized spacial score (nSPS) is 23.4. The minimum absolute atomic E-state index is 0.154. The third-order valence-electron chi connectivity index (χ3n) is 3.81. The molecule has 1 aliphatic rings. The van der Waals surface area contributed by atoms with Gasteiger partial charge in [-0.15, -0.1) is 0 Å². The van der Waals surface area contributed by atoms with Crippen LogP contribution in [0.5, 0.6) is 0 Å². The van der Waals surface area contributed by atoms with Crippen molar-refractivity contribution in [2.45, 2.75) is 26.8 Å². The molecule has 2 amide bonds. The summed E-state index contributed by atoms with van der Waals surface area (Å²) in [6.45, 7) is 4.79. The first kappa shape index (κ1) is 12.6. The predicted molar refractivity (Wildman–Crippen MR) is 68.5 cm³/mol. The molecular weight excluding hydrogens is 228 g/mol. The zero-order valence-corrected chi connectivity index (χ0v) is 10.8. The van der Waals surface area contributed by atoms with Gasteiger partial charge in [-0.2, -0.15) is 0 Å². The number of nitrogens with two attached hydrogens (primary N) is 1. The van der Waals surface area contributed by atoms with Crippen LogP contribution >= 0.6 is 0 Å². The molecule has 1 aromatic rings. The fourth-order valence-corrected chi connectivity index (χ4v) is 2.29. The molecule has 1 saturated heterocycles. The van der Waals surface area contributed by atoms with E-state index < -0.39 is 11.3 Å². The van der Waals surface area contributed by atoms with Crippen molar-refractivity contribution in [2.24, 2.45) is 11.1 Å². The molecule has 0 saturated carbocycles. The van der Waals surface area contributed by atoms with Crippen LogP contribution in [-0.2, 0) is 16.1 Å². The standard InChI is InChI=1S/C14H18N2O2/c1-10-5-3-4-6-11(10)9-16-8-7-14(2,12(15)17)13(16)18/h3-6H,7-9H2,1-2H3,(H2,15,17). The summed E-state index contributed by atoms with van der Waals surface area (Å²) in [5.41, 5.74) is 6.56. The smallest absolute Gasteiger partial charge is 0.238 e. The number of primary amides is 1. The topological polar surface area (TPSA) is 63.4 Å². The molecule has 4 heteroatoms. The highest BCUT2D eigenvalue weighted by Gasteiger charge is 2.47. The Labute approximate surface area is 107 Å². The molecule has 2 N–H and O–H groups in total. The van der Waals surface area contributed by atoms with E-state index >= 15 is 0 Å². The van der Waals surface area contributed by atoms with Gasteiger partial charge in [0.1, 0.15) is 5.41 Å². The van der Waals surface area contributed by atoms with E-state index in [4.69, 9.17) is 5.73 Å². The van der Waals surface area contributed by atoms with Gasteiger partial charge in [0.25, 0.3) is 0 Å². The highest BCUT2D eigenvalue weighted by molar-refractivity contribution is 6.05. The lowest BCUT2D eigenvalue weighted by molar-refractivity contribution is -0.143. The predicted octanol–water partition coefficient (Wildman–Crippen LogP) is 1.22. The van der Waals surface area contributed by atoms with E-state index in [0.717, 1.165) is 11.1 Å². The summed E-state index contributed by atoms with van der Waals surface area (Å²) in [7, 11) is 0. The van der Waals surface area contributed by atoms with Crippen molar-refractivity contribution in [3.8, 4) is 0 Å². The van der Waals surface area contributed by atoms with Gasteiger partial charge in [0, 0.05) is 13.1 Å². The second-order valence-electron chi connectivity index (χ2n) is 5.10. The van der Waals surface area contributed by atoms with E-state index in [2.05, 4.69) is 0 Å². The van der Waals surface area contributed by atoms with E-state index in [1.165, 1.54) is 0 Å². The van der Waals surface area contributed by atoms with Gasteiger partial charge in [-0.05, 0) is 31.4 Å². The zero-order chi connectivity index (χ0) is 13.3. The van der Waals surface area contributed by atoms with Gasteiger partial charge in [-0.1, -0.05) is 24.3 Å². The average molecular weight is 246 g/mol. The fraction of sp³-hybridized carbons (Fsp3) is 0.429. The van der Waals surface area contributed by atoms with Crippen LogP contribution in [0.1, 0.15) is 24.5 Å². The first-order valence-electron chi connectivity index (χ1n) is 6.09. The lowest BCUT2D eigenvalue weighted by atomic mass is 9.88. The summed E-state index contributed by atoms with van der Waals surface area (Å²) in [4.78, 5) is 25.3. The third kappa shape index (κ3) is 1.98. The molecule has 4 nitrogen and oxygen atoms in total. The second-order valence-corrected chi connectivity index (χ2v) is 5.10. The Kier molecular flexibility index (Phi) is 3.11. The summed E-state index contributed by atoms with van der Waals surface area (Å²) in [6.07, 6.45) is 0.507. The van der Waals surface area contributed by atoms with Crippen LogP contribution in [0.15, 0.2) is 24.3 Å². The van der Waals surface area contributed by atoms with Crippen LogP contribution < -0.4 is 5.73 Å². The van der Waals surface area contributed by atoms with Crippen LogP contribution in [-0.4, -0.2) is 23.3 Å². The number of carbonyl (C=O) groups is 2. The molecule has 0 aromatic heterocycles. The lowest BCUT2D eigenvalue weighted by Gasteiger charge is -2.21. The molecule has 1 atom stereocenters. The van der Waals surface area contributed by atoms with Crippen LogP contribution in [0, 0.1) is 12.3 Å². The fourth-order valence-electron chi connectivity index (χ4n) is 2.29. The number of amides is 2.